The lowest BCUT2D eigenvalue weighted by atomic mass is 10.1. The third kappa shape index (κ3) is 5.48. The van der Waals surface area contributed by atoms with Gasteiger partial charge in [0.15, 0.2) is 6.61 Å². The maximum Gasteiger partial charge on any atom is 0.261 e. The maximum atomic E-state index is 11.4. The molecule has 0 unspecified atom stereocenters. The molecule has 1 amide bonds. The van der Waals surface area contributed by atoms with Crippen LogP contribution in [0.1, 0.15) is 31.9 Å². The van der Waals surface area contributed by atoms with Crippen LogP contribution < -0.4 is 5.32 Å². The fourth-order valence-corrected chi connectivity index (χ4v) is 1.38. The normalized spacial score (nSPS) is 11.6. The van der Waals surface area contributed by atoms with Crippen LogP contribution in [0.25, 0.3) is 0 Å². The molecule has 0 atom stereocenters. The van der Waals surface area contributed by atoms with E-state index in [4.69, 9.17) is 4.84 Å². The summed E-state index contributed by atoms with van der Waals surface area (Å²) in [5.74, 6) is -0.176. The molecule has 0 fully saturated rings. The number of hydrogen-bond acceptors (Lipinski definition) is 3. The number of nitrogens with zero attached hydrogens (tertiary/aromatic N) is 1. The highest BCUT2D eigenvalue weighted by molar-refractivity contribution is 5.81. The van der Waals surface area contributed by atoms with Gasteiger partial charge >= 0.3 is 0 Å². The van der Waals surface area contributed by atoms with Crippen LogP contribution in [0.15, 0.2) is 29.4 Å². The molecule has 1 aromatic carbocycles. The Morgan fingerprint density at radius 2 is 2.06 bits per heavy atom. The van der Waals surface area contributed by atoms with Gasteiger partial charge in [-0.15, -0.1) is 0 Å². The fourth-order valence-electron chi connectivity index (χ4n) is 1.38. The summed E-state index contributed by atoms with van der Waals surface area (Å²) in [4.78, 5) is 16.4. The summed E-state index contributed by atoms with van der Waals surface area (Å²) in [6, 6.07) is 7.83. The van der Waals surface area contributed by atoms with Crippen molar-refractivity contribution in [1.82, 2.24) is 5.32 Å². The number of hydrogen-bond donors (Lipinski definition) is 1. The summed E-state index contributed by atoms with van der Waals surface area (Å²) < 4.78 is 0. The van der Waals surface area contributed by atoms with Gasteiger partial charge in [-0.3, -0.25) is 4.79 Å². The molecule has 1 rings (SSSR count). The highest BCUT2D eigenvalue weighted by Crippen LogP contribution is 2.03. The summed E-state index contributed by atoms with van der Waals surface area (Å²) >= 11 is 0. The van der Waals surface area contributed by atoms with E-state index >= 15 is 0 Å². The minimum Gasteiger partial charge on any atom is -0.386 e. The average molecular weight is 248 g/mol. The van der Waals surface area contributed by atoms with Crippen molar-refractivity contribution in [2.75, 3.05) is 6.61 Å². The molecule has 0 aliphatic rings. The predicted octanol–water partition coefficient (Wildman–Crippen LogP) is 2.26. The van der Waals surface area contributed by atoms with Crippen LogP contribution in [-0.2, 0) is 9.63 Å². The molecule has 0 saturated heterocycles. The number of nitrogens with one attached hydrogen (secondary N) is 1. The molecule has 1 N–H and O–H groups in total. The number of carbonyl (C=O) groups excluding carboxylic acids is 1. The molecule has 4 heteroatoms. The number of benzene rings is 1. The maximum absolute atomic E-state index is 11.4. The van der Waals surface area contributed by atoms with Crippen LogP contribution in [-0.4, -0.2) is 24.3 Å². The van der Waals surface area contributed by atoms with Gasteiger partial charge in [0.1, 0.15) is 0 Å². The molecule has 0 saturated carbocycles. The van der Waals surface area contributed by atoms with Gasteiger partial charge < -0.3 is 10.2 Å². The summed E-state index contributed by atoms with van der Waals surface area (Å²) in [5, 5.41) is 6.58. The Labute approximate surface area is 108 Å². The molecular weight excluding hydrogens is 228 g/mol. The van der Waals surface area contributed by atoms with Crippen molar-refractivity contribution < 1.29 is 9.63 Å². The van der Waals surface area contributed by atoms with E-state index in [0.29, 0.717) is 0 Å². The van der Waals surface area contributed by atoms with E-state index in [9.17, 15) is 4.79 Å². The molecule has 0 aromatic heterocycles. The van der Waals surface area contributed by atoms with Crippen molar-refractivity contribution in [3.63, 3.8) is 0 Å². The molecule has 18 heavy (non-hydrogen) atoms. The molecule has 0 spiro atoms. The Kier molecular flexibility index (Phi) is 4.89. The molecule has 0 radical (unpaired) electrons. The Morgan fingerprint density at radius 1 is 1.39 bits per heavy atom. The van der Waals surface area contributed by atoms with Gasteiger partial charge in [0.2, 0.25) is 0 Å². The van der Waals surface area contributed by atoms with Crippen LogP contribution in [0.3, 0.4) is 0 Å². The molecular formula is C14H20N2O2. The van der Waals surface area contributed by atoms with Crippen molar-refractivity contribution in [2.45, 2.75) is 33.2 Å². The highest BCUT2D eigenvalue weighted by Gasteiger charge is 2.13. The van der Waals surface area contributed by atoms with Gasteiger partial charge in [-0.05, 0) is 38.8 Å². The van der Waals surface area contributed by atoms with Crippen LogP contribution in [0.5, 0.6) is 0 Å². The first-order valence-corrected chi connectivity index (χ1v) is 5.90. The van der Waals surface area contributed by atoms with Crippen LogP contribution in [0.4, 0.5) is 0 Å². The van der Waals surface area contributed by atoms with E-state index in [1.807, 2.05) is 52.0 Å². The second-order valence-electron chi connectivity index (χ2n) is 5.16. The zero-order valence-corrected chi connectivity index (χ0v) is 11.4. The molecule has 4 nitrogen and oxygen atoms in total. The molecule has 0 heterocycles. The van der Waals surface area contributed by atoms with Crippen LogP contribution in [0, 0.1) is 6.92 Å². The Bertz CT molecular complexity index is 434. The molecule has 0 bridgehead atoms. The molecule has 1 aromatic rings. The second-order valence-corrected chi connectivity index (χ2v) is 5.16. The molecule has 98 valence electrons. The van der Waals surface area contributed by atoms with Gasteiger partial charge in [0.05, 0.1) is 6.21 Å². The minimum atomic E-state index is -0.250. The lowest BCUT2D eigenvalue weighted by Gasteiger charge is -2.19. The third-order valence-electron chi connectivity index (χ3n) is 2.16. The van der Waals surface area contributed by atoms with Gasteiger partial charge in [-0.2, -0.15) is 0 Å². The standard InChI is InChI=1S/C14H20N2O2/c1-11-7-5-6-8-12(11)9-15-18-10-13(17)16-14(2,3)4/h5-9H,10H2,1-4H3,(H,16,17). The molecule has 0 aliphatic heterocycles. The Balaban J connectivity index is 2.38. The molecule has 0 aliphatic carbocycles. The lowest BCUT2D eigenvalue weighted by Crippen LogP contribution is -2.42. The topological polar surface area (TPSA) is 50.7 Å². The monoisotopic (exact) mass is 248 g/mol. The number of amides is 1. The largest absolute Gasteiger partial charge is 0.386 e. The number of carbonyl (C=O) groups is 1. The SMILES string of the molecule is Cc1ccccc1C=NOCC(=O)NC(C)(C)C. The minimum absolute atomic E-state index is 0.0698. The van der Waals surface area contributed by atoms with E-state index in [2.05, 4.69) is 10.5 Å². The van der Waals surface area contributed by atoms with E-state index in [1.54, 1.807) is 6.21 Å². The summed E-state index contributed by atoms with van der Waals surface area (Å²) in [5.41, 5.74) is 1.85. The van der Waals surface area contributed by atoms with E-state index in [1.165, 1.54) is 0 Å². The van der Waals surface area contributed by atoms with Crippen molar-refractivity contribution >= 4 is 12.1 Å². The smallest absolute Gasteiger partial charge is 0.261 e. The van der Waals surface area contributed by atoms with Gasteiger partial charge in [-0.25, -0.2) is 0 Å². The first kappa shape index (κ1) is 14.2. The Morgan fingerprint density at radius 3 is 2.67 bits per heavy atom. The van der Waals surface area contributed by atoms with Crippen molar-refractivity contribution in [2.24, 2.45) is 5.16 Å². The quantitative estimate of drug-likeness (QED) is 0.656. The highest BCUT2D eigenvalue weighted by atomic mass is 16.6. The van der Waals surface area contributed by atoms with E-state index < -0.39 is 0 Å². The lowest BCUT2D eigenvalue weighted by molar-refractivity contribution is -0.127. The van der Waals surface area contributed by atoms with Gasteiger partial charge in [0, 0.05) is 5.54 Å². The zero-order valence-electron chi connectivity index (χ0n) is 11.4. The van der Waals surface area contributed by atoms with Crippen molar-refractivity contribution in [3.05, 3.63) is 35.4 Å². The second kappa shape index (κ2) is 6.19. The number of aryl methyl sites for hydroxylation is 1. The predicted molar refractivity (Wildman–Crippen MR) is 72.6 cm³/mol. The number of oxime groups is 1. The summed E-state index contributed by atoms with van der Waals surface area (Å²) in [6.45, 7) is 7.68. The number of rotatable bonds is 4. The van der Waals surface area contributed by atoms with Gasteiger partial charge in [-0.1, -0.05) is 29.4 Å². The van der Waals surface area contributed by atoms with Crippen LogP contribution >= 0.6 is 0 Å². The van der Waals surface area contributed by atoms with E-state index in [-0.39, 0.29) is 18.1 Å². The average Bonchev–Trinajstić information content (AvgIpc) is 2.24. The van der Waals surface area contributed by atoms with Gasteiger partial charge in [0.25, 0.3) is 5.91 Å². The fraction of sp³-hybridized carbons (Fsp3) is 0.429. The first-order chi connectivity index (χ1) is 8.38. The summed E-state index contributed by atoms with van der Waals surface area (Å²) in [7, 11) is 0. The van der Waals surface area contributed by atoms with Crippen molar-refractivity contribution in [1.29, 1.82) is 0 Å². The zero-order chi connectivity index (χ0) is 13.6. The van der Waals surface area contributed by atoms with E-state index in [0.717, 1.165) is 11.1 Å². The first-order valence-electron chi connectivity index (χ1n) is 5.90. The summed E-state index contributed by atoms with van der Waals surface area (Å²) in [6.07, 6.45) is 1.61. The Hall–Kier alpha value is -1.84. The third-order valence-corrected chi connectivity index (χ3v) is 2.16. The van der Waals surface area contributed by atoms with Crippen molar-refractivity contribution in [3.8, 4) is 0 Å². The van der Waals surface area contributed by atoms with Crippen LogP contribution in [0.2, 0.25) is 0 Å².